The van der Waals surface area contributed by atoms with Crippen LogP contribution in [-0.4, -0.2) is 133 Å². The number of unbranched alkanes of at least 4 members (excludes halogenated alkanes) is 1. The Morgan fingerprint density at radius 3 is 2.06 bits per heavy atom. The van der Waals surface area contributed by atoms with Crippen LogP contribution in [0.15, 0.2) is 79.0 Å². The minimum Gasteiger partial charge on any atom is -0.508 e. The number of carboxylic acids is 1. The Morgan fingerprint density at radius 1 is 0.797 bits per heavy atom. The summed E-state index contributed by atoms with van der Waals surface area (Å²) in [6.07, 6.45) is 0.485. The minimum atomic E-state index is -1.68. The van der Waals surface area contributed by atoms with Crippen molar-refractivity contribution < 1.29 is 53.8 Å². The van der Waals surface area contributed by atoms with Crippen molar-refractivity contribution in [3.8, 4) is 5.75 Å². The standard InChI is InChI=1S/C45H56N10O12S2/c1-24(56)38-44(63)53-37(45(64)65)23-69-68-22-36(52-39(58)31(47)18-25-9-13-28(14-10-25)55(66)67)43(62)50-34(19-26-11-15-29(57)16-12-26)41(60)51-35(20-27-21-48-32-7-3-2-6-30(27)32)42(61)49-33(40(59)54-38)8-4-5-17-46/h2-3,6-7,9-16,21,24,31,33-38,48,56-57H,4-5,8,17-20,22-23,46-47H2,1H3,(H,49,61)(H,50,62)(H,51,60)(H,52,58)(H,53,63)(H,54,59)(H,64,65)/t24-,31+,33+,34+,35-,36-,37+,38+/m1/s1. The molecule has 1 aromatic heterocycles. The van der Waals surface area contributed by atoms with E-state index in [1.807, 2.05) is 12.1 Å². The number of rotatable bonds is 15. The Morgan fingerprint density at radius 2 is 1.41 bits per heavy atom. The van der Waals surface area contributed by atoms with Crippen LogP contribution < -0.4 is 43.4 Å². The normalized spacial score (nSPS) is 22.2. The summed E-state index contributed by atoms with van der Waals surface area (Å²) in [6.45, 7) is 1.46. The van der Waals surface area contributed by atoms with Crippen molar-refractivity contribution in [1.82, 2.24) is 36.9 Å². The zero-order chi connectivity index (χ0) is 50.2. The number of phenolic OH excluding ortho intramolecular Hbond substituents is 1. The molecule has 4 aromatic rings. The molecule has 3 aromatic carbocycles. The number of aliphatic carboxylic acids is 1. The molecule has 1 fully saturated rings. The summed E-state index contributed by atoms with van der Waals surface area (Å²) in [7, 11) is 1.85. The maximum atomic E-state index is 14.6. The molecule has 370 valence electrons. The first-order valence-electron chi connectivity index (χ1n) is 21.9. The summed E-state index contributed by atoms with van der Waals surface area (Å²) < 4.78 is 0. The van der Waals surface area contributed by atoms with Gasteiger partial charge in [-0.15, -0.1) is 0 Å². The SMILES string of the molecule is C[C@@H](O)[C@@H]1NC(=O)[C@H](CCCCN)NC(=O)[C@@H](Cc2c[nH]c3ccccc23)NC(=O)[C@H](Cc2ccc(O)cc2)NC(=O)[C@H](NC(=O)[C@@H](N)Cc2ccc([N+](=O)[O-])cc2)CSSC[C@@H](C(=O)O)NC1=O. The van der Waals surface area contributed by atoms with E-state index in [0.717, 1.165) is 32.5 Å². The molecule has 0 unspecified atom stereocenters. The Labute approximate surface area is 403 Å². The van der Waals surface area contributed by atoms with Gasteiger partial charge in [0.25, 0.3) is 5.69 Å². The van der Waals surface area contributed by atoms with Crippen LogP contribution in [0.4, 0.5) is 5.69 Å². The zero-order valence-corrected chi connectivity index (χ0v) is 39.1. The maximum Gasteiger partial charge on any atom is 0.327 e. The van der Waals surface area contributed by atoms with Gasteiger partial charge in [-0.1, -0.05) is 64.1 Å². The van der Waals surface area contributed by atoms with Crippen molar-refractivity contribution in [1.29, 1.82) is 0 Å². The summed E-state index contributed by atoms with van der Waals surface area (Å²) in [5, 5.41) is 58.2. The van der Waals surface area contributed by atoms with Gasteiger partial charge in [0.15, 0.2) is 0 Å². The highest BCUT2D eigenvalue weighted by Crippen LogP contribution is 2.24. The molecule has 1 aliphatic rings. The van der Waals surface area contributed by atoms with E-state index in [-0.39, 0.29) is 55.2 Å². The lowest BCUT2D eigenvalue weighted by Crippen LogP contribution is -2.61. The van der Waals surface area contributed by atoms with Gasteiger partial charge in [0, 0.05) is 53.6 Å². The number of hydrogen-bond acceptors (Lipinski definition) is 15. The molecule has 0 bridgehead atoms. The number of aromatic hydroxyl groups is 1. The number of aliphatic hydroxyl groups excluding tert-OH is 1. The number of benzene rings is 3. The predicted molar refractivity (Wildman–Crippen MR) is 257 cm³/mol. The van der Waals surface area contributed by atoms with Crippen molar-refractivity contribution in [2.75, 3.05) is 18.1 Å². The monoisotopic (exact) mass is 992 g/mol. The van der Waals surface area contributed by atoms with E-state index < -0.39 is 94.7 Å². The van der Waals surface area contributed by atoms with Gasteiger partial charge in [0.05, 0.1) is 17.1 Å². The zero-order valence-electron chi connectivity index (χ0n) is 37.4. The number of amides is 6. The number of nitro groups is 1. The molecular weight excluding hydrogens is 937 g/mol. The number of H-pyrrole nitrogens is 1. The van der Waals surface area contributed by atoms with E-state index in [2.05, 4.69) is 36.9 Å². The summed E-state index contributed by atoms with van der Waals surface area (Å²) in [6, 6.07) is 8.18. The molecule has 22 nitrogen and oxygen atoms in total. The smallest absolute Gasteiger partial charge is 0.327 e. The van der Waals surface area contributed by atoms with Crippen LogP contribution >= 0.6 is 21.6 Å². The Hall–Kier alpha value is -6.73. The fourth-order valence-corrected chi connectivity index (χ4v) is 9.59. The molecule has 1 aliphatic heterocycles. The predicted octanol–water partition coefficient (Wildman–Crippen LogP) is 0.0351. The number of phenols is 1. The maximum absolute atomic E-state index is 14.6. The van der Waals surface area contributed by atoms with E-state index >= 15 is 0 Å². The highest BCUT2D eigenvalue weighted by molar-refractivity contribution is 8.76. The molecule has 0 aliphatic carbocycles. The van der Waals surface area contributed by atoms with Gasteiger partial charge in [-0.25, -0.2) is 4.79 Å². The number of carboxylic acid groups (broad SMARTS) is 1. The van der Waals surface area contributed by atoms with Crippen LogP contribution in [0.1, 0.15) is 42.9 Å². The molecule has 69 heavy (non-hydrogen) atoms. The number of fused-ring (bicyclic) bond motifs is 1. The van der Waals surface area contributed by atoms with E-state index in [1.54, 1.807) is 18.3 Å². The third-order valence-electron chi connectivity index (χ3n) is 11.1. The van der Waals surface area contributed by atoms with Gasteiger partial charge < -0.3 is 63.7 Å². The number of aromatic amines is 1. The molecule has 5 rings (SSSR count). The molecule has 14 N–H and O–H groups in total. The van der Waals surface area contributed by atoms with E-state index in [1.165, 1.54) is 55.5 Å². The Balaban J connectivity index is 1.54. The minimum absolute atomic E-state index is 0.00641. The fourth-order valence-electron chi connectivity index (χ4n) is 7.27. The third kappa shape index (κ3) is 15.7. The number of nitrogens with one attached hydrogen (secondary N) is 7. The van der Waals surface area contributed by atoms with Crippen LogP contribution in [-0.2, 0) is 52.8 Å². The van der Waals surface area contributed by atoms with E-state index in [9.17, 15) is 59.0 Å². The molecule has 0 saturated carbocycles. The van der Waals surface area contributed by atoms with Crippen molar-refractivity contribution >= 4 is 79.6 Å². The van der Waals surface area contributed by atoms with Crippen molar-refractivity contribution in [3.05, 3.63) is 106 Å². The number of hydrogen-bond donors (Lipinski definition) is 12. The van der Waals surface area contributed by atoms with Gasteiger partial charge in [-0.05, 0) is 74.0 Å². The molecule has 1 saturated heterocycles. The number of aromatic nitrogens is 1. The van der Waals surface area contributed by atoms with Crippen LogP contribution in [0.3, 0.4) is 0 Å². The van der Waals surface area contributed by atoms with Gasteiger partial charge in [0.2, 0.25) is 35.4 Å². The van der Waals surface area contributed by atoms with Crippen LogP contribution in [0.2, 0.25) is 0 Å². The van der Waals surface area contributed by atoms with Crippen molar-refractivity contribution in [3.63, 3.8) is 0 Å². The van der Waals surface area contributed by atoms with Crippen LogP contribution in [0.25, 0.3) is 10.9 Å². The Kier molecular flexibility index (Phi) is 19.7. The quantitative estimate of drug-likeness (QED) is 0.0324. The first-order chi connectivity index (χ1) is 32.9. The van der Waals surface area contributed by atoms with Gasteiger partial charge in [-0.3, -0.25) is 38.9 Å². The number of nitro benzene ring substituents is 1. The molecule has 24 heteroatoms. The van der Waals surface area contributed by atoms with E-state index in [0.29, 0.717) is 29.5 Å². The Bertz CT molecular complexity index is 2460. The molecule has 2 heterocycles. The number of nitrogens with zero attached hydrogens (tertiary/aromatic N) is 1. The molecule has 0 spiro atoms. The van der Waals surface area contributed by atoms with Crippen molar-refractivity contribution in [2.45, 2.75) is 93.8 Å². The number of carbonyl (C=O) groups excluding carboxylic acids is 6. The first kappa shape index (κ1) is 53.2. The number of non-ortho nitro benzene ring substituents is 1. The fraction of sp³-hybridized carbons (Fsp3) is 0.400. The van der Waals surface area contributed by atoms with E-state index in [4.69, 9.17) is 11.5 Å². The van der Waals surface area contributed by atoms with Gasteiger partial charge in [0.1, 0.15) is 42.0 Å². The lowest BCUT2D eigenvalue weighted by Gasteiger charge is -2.28. The summed E-state index contributed by atoms with van der Waals surface area (Å²) in [5.74, 6) is -7.42. The van der Waals surface area contributed by atoms with Crippen LogP contribution in [0.5, 0.6) is 5.75 Å². The highest BCUT2D eigenvalue weighted by Gasteiger charge is 2.36. The van der Waals surface area contributed by atoms with Crippen molar-refractivity contribution in [2.24, 2.45) is 11.5 Å². The second-order valence-electron chi connectivity index (χ2n) is 16.4. The summed E-state index contributed by atoms with van der Waals surface area (Å²) in [4.78, 5) is 111. The first-order valence-corrected chi connectivity index (χ1v) is 24.4. The lowest BCUT2D eigenvalue weighted by molar-refractivity contribution is -0.384. The third-order valence-corrected chi connectivity index (χ3v) is 13.5. The second kappa shape index (κ2) is 25.6. The average molecular weight is 993 g/mol. The lowest BCUT2D eigenvalue weighted by atomic mass is 10.0. The molecule has 8 atom stereocenters. The summed E-state index contributed by atoms with van der Waals surface area (Å²) >= 11 is 0. The number of carbonyl (C=O) groups is 7. The highest BCUT2D eigenvalue weighted by atomic mass is 33.1. The second-order valence-corrected chi connectivity index (χ2v) is 18.9. The number of para-hydroxylation sites is 1. The summed E-state index contributed by atoms with van der Waals surface area (Å²) in [5.41, 5.74) is 14.1. The molecule has 0 radical (unpaired) electrons. The topological polar surface area (TPSA) is 363 Å². The average Bonchev–Trinajstić information content (AvgIpc) is 3.72. The van der Waals surface area contributed by atoms with Gasteiger partial charge >= 0.3 is 5.97 Å². The van der Waals surface area contributed by atoms with Crippen LogP contribution in [0, 0.1) is 10.1 Å². The largest absolute Gasteiger partial charge is 0.508 e. The number of aliphatic hydroxyl groups is 1. The molecule has 6 amide bonds. The molecular formula is C45H56N10O12S2. The van der Waals surface area contributed by atoms with Gasteiger partial charge in [-0.2, -0.15) is 0 Å². The number of nitrogens with two attached hydrogens (primary N) is 2.